The maximum Gasteiger partial charge on any atom is 0.304 e. The van der Waals surface area contributed by atoms with Crippen LogP contribution in [0.3, 0.4) is 0 Å². The van der Waals surface area contributed by atoms with Crippen molar-refractivity contribution in [3.8, 4) is 0 Å². The van der Waals surface area contributed by atoms with E-state index in [1.54, 1.807) is 6.92 Å². The molecule has 7 nitrogen and oxygen atoms in total. The minimum atomic E-state index is -3.72. The summed E-state index contributed by atoms with van der Waals surface area (Å²) < 4.78 is 27.2. The lowest BCUT2D eigenvalue weighted by molar-refractivity contribution is -0.383. The summed E-state index contributed by atoms with van der Waals surface area (Å²) in [5.74, 6) is 0. The number of nitro groups is 1. The Morgan fingerprint density at radius 1 is 1.38 bits per heavy atom. The van der Waals surface area contributed by atoms with Crippen LogP contribution in [-0.4, -0.2) is 25.9 Å². The Labute approximate surface area is 129 Å². The van der Waals surface area contributed by atoms with Crippen molar-refractivity contribution in [1.82, 2.24) is 4.72 Å². The van der Waals surface area contributed by atoms with Gasteiger partial charge >= 0.3 is 5.69 Å². The highest BCUT2D eigenvalue weighted by Crippen LogP contribution is 2.37. The van der Waals surface area contributed by atoms with Crippen LogP contribution in [0.2, 0.25) is 0 Å². The molecule has 0 amide bonds. The van der Waals surface area contributed by atoms with E-state index in [2.05, 4.69) is 10.0 Å². The van der Waals surface area contributed by atoms with E-state index in [1.807, 2.05) is 13.8 Å². The summed E-state index contributed by atoms with van der Waals surface area (Å²) in [5, 5.41) is 14.1. The van der Waals surface area contributed by atoms with Crippen molar-refractivity contribution in [2.45, 2.75) is 50.3 Å². The number of rotatable bonds is 9. The van der Waals surface area contributed by atoms with Crippen molar-refractivity contribution in [2.24, 2.45) is 0 Å². The molecule has 0 saturated carbocycles. The molecule has 1 atom stereocenters. The first-order chi connectivity index (χ1) is 9.85. The topological polar surface area (TPSA) is 101 Å². The molecule has 21 heavy (non-hydrogen) atoms. The molecule has 0 aromatic carbocycles. The molecule has 1 heterocycles. The van der Waals surface area contributed by atoms with Gasteiger partial charge in [-0.1, -0.05) is 31.6 Å². The van der Waals surface area contributed by atoms with E-state index in [0.29, 0.717) is 13.0 Å². The van der Waals surface area contributed by atoms with Crippen molar-refractivity contribution in [2.75, 3.05) is 11.9 Å². The minimum Gasteiger partial charge on any atom is -0.372 e. The van der Waals surface area contributed by atoms with Crippen molar-refractivity contribution >= 4 is 32.0 Å². The molecule has 0 saturated heterocycles. The van der Waals surface area contributed by atoms with Gasteiger partial charge in [-0.15, -0.1) is 0 Å². The molecule has 0 spiro atoms. The predicted molar refractivity (Wildman–Crippen MR) is 84.4 cm³/mol. The third-order valence-corrected chi connectivity index (χ3v) is 6.02. The fourth-order valence-electron chi connectivity index (χ4n) is 1.89. The highest BCUT2D eigenvalue weighted by molar-refractivity contribution is 7.91. The molecule has 2 N–H and O–H groups in total. The second-order valence-corrected chi connectivity index (χ2v) is 7.58. The van der Waals surface area contributed by atoms with Crippen LogP contribution >= 0.6 is 11.3 Å². The summed E-state index contributed by atoms with van der Waals surface area (Å²) >= 11 is 0.887. The van der Waals surface area contributed by atoms with E-state index < -0.39 is 14.9 Å². The smallest absolute Gasteiger partial charge is 0.304 e. The molecule has 0 aliphatic heterocycles. The van der Waals surface area contributed by atoms with Gasteiger partial charge in [0, 0.05) is 18.7 Å². The molecule has 0 aliphatic carbocycles. The zero-order valence-electron chi connectivity index (χ0n) is 12.4. The van der Waals surface area contributed by atoms with Crippen LogP contribution in [0.15, 0.2) is 10.3 Å². The minimum absolute atomic E-state index is 0.0281. The van der Waals surface area contributed by atoms with Crippen LogP contribution in [-0.2, 0) is 10.0 Å². The maximum atomic E-state index is 12.3. The predicted octanol–water partition coefficient (Wildman–Crippen LogP) is 2.95. The first-order valence-electron chi connectivity index (χ1n) is 6.90. The zero-order chi connectivity index (χ0) is 16.0. The zero-order valence-corrected chi connectivity index (χ0v) is 14.0. The van der Waals surface area contributed by atoms with Gasteiger partial charge in [-0.05, 0) is 19.8 Å². The lowest BCUT2D eigenvalue weighted by atomic mass is 10.1. The Hall–Kier alpha value is -1.19. The molecule has 1 aromatic heterocycles. The molecule has 1 unspecified atom stereocenters. The van der Waals surface area contributed by atoms with Crippen LogP contribution in [0.25, 0.3) is 0 Å². The first kappa shape index (κ1) is 17.9. The maximum absolute atomic E-state index is 12.3. The van der Waals surface area contributed by atoms with Gasteiger partial charge in [0.1, 0.15) is 4.21 Å². The van der Waals surface area contributed by atoms with E-state index in [9.17, 15) is 18.5 Å². The van der Waals surface area contributed by atoms with Crippen LogP contribution in [0.5, 0.6) is 0 Å². The number of hydrogen-bond acceptors (Lipinski definition) is 6. The van der Waals surface area contributed by atoms with Gasteiger partial charge in [0.25, 0.3) is 10.0 Å². The van der Waals surface area contributed by atoms with Gasteiger partial charge in [-0.2, -0.15) is 0 Å². The van der Waals surface area contributed by atoms with E-state index in [1.165, 1.54) is 0 Å². The Bertz CT molecular complexity index is 583. The molecule has 0 radical (unpaired) electrons. The quantitative estimate of drug-likeness (QED) is 0.533. The molecular formula is C12H21N3O4S2. The Morgan fingerprint density at radius 3 is 2.52 bits per heavy atom. The Kier molecular flexibility index (Phi) is 6.56. The Morgan fingerprint density at radius 2 is 2.05 bits per heavy atom. The number of anilines is 1. The second-order valence-electron chi connectivity index (χ2n) is 4.58. The van der Waals surface area contributed by atoms with Crippen LogP contribution in [0.4, 0.5) is 10.7 Å². The fourth-order valence-corrected chi connectivity index (χ4v) is 4.65. The van der Waals surface area contributed by atoms with Crippen molar-refractivity contribution in [3.63, 3.8) is 0 Å². The molecule has 1 rings (SSSR count). The molecule has 9 heteroatoms. The van der Waals surface area contributed by atoms with Crippen LogP contribution in [0.1, 0.15) is 40.0 Å². The summed E-state index contributed by atoms with van der Waals surface area (Å²) in [6, 6.07) is 0.965. The number of thiophene rings is 1. The van der Waals surface area contributed by atoms with E-state index in [-0.39, 0.29) is 20.9 Å². The summed E-state index contributed by atoms with van der Waals surface area (Å²) in [7, 11) is -3.72. The molecule has 0 bridgehead atoms. The standard InChI is InChI=1S/C12H21N3O4S2/c1-4-7-9(5-2)14-21(18,19)11-8-10(15(16)17)12(20-11)13-6-3/h8-9,13-14H,4-7H2,1-3H3. The van der Waals surface area contributed by atoms with Gasteiger partial charge in [-0.3, -0.25) is 10.1 Å². The van der Waals surface area contributed by atoms with Crippen molar-refractivity contribution in [1.29, 1.82) is 0 Å². The monoisotopic (exact) mass is 335 g/mol. The van der Waals surface area contributed by atoms with Gasteiger partial charge in [0.15, 0.2) is 5.00 Å². The molecule has 0 aliphatic rings. The summed E-state index contributed by atoms with van der Waals surface area (Å²) in [6.45, 7) is 6.17. The highest BCUT2D eigenvalue weighted by Gasteiger charge is 2.27. The third kappa shape index (κ3) is 4.65. The average Bonchev–Trinajstić information content (AvgIpc) is 2.83. The molecule has 0 fully saturated rings. The van der Waals surface area contributed by atoms with E-state index in [4.69, 9.17) is 0 Å². The summed E-state index contributed by atoms with van der Waals surface area (Å²) in [4.78, 5) is 10.4. The van der Waals surface area contributed by atoms with E-state index >= 15 is 0 Å². The van der Waals surface area contributed by atoms with E-state index in [0.717, 1.165) is 30.2 Å². The highest BCUT2D eigenvalue weighted by atomic mass is 32.2. The lowest BCUT2D eigenvalue weighted by Gasteiger charge is -2.15. The fraction of sp³-hybridized carbons (Fsp3) is 0.667. The largest absolute Gasteiger partial charge is 0.372 e. The summed E-state index contributed by atoms with van der Waals surface area (Å²) in [6.07, 6.45) is 2.29. The van der Waals surface area contributed by atoms with Gasteiger partial charge in [0.2, 0.25) is 0 Å². The van der Waals surface area contributed by atoms with Crippen molar-refractivity contribution in [3.05, 3.63) is 16.2 Å². The first-order valence-corrected chi connectivity index (χ1v) is 9.20. The lowest BCUT2D eigenvalue weighted by Crippen LogP contribution is -2.33. The van der Waals surface area contributed by atoms with Crippen LogP contribution < -0.4 is 10.0 Å². The van der Waals surface area contributed by atoms with Crippen molar-refractivity contribution < 1.29 is 13.3 Å². The van der Waals surface area contributed by atoms with Gasteiger partial charge in [0.05, 0.1) is 4.92 Å². The van der Waals surface area contributed by atoms with Gasteiger partial charge < -0.3 is 5.32 Å². The Balaban J connectivity index is 3.08. The number of nitrogens with one attached hydrogen (secondary N) is 2. The molecular weight excluding hydrogens is 314 g/mol. The van der Waals surface area contributed by atoms with Crippen LogP contribution in [0, 0.1) is 10.1 Å². The average molecular weight is 335 g/mol. The number of nitrogens with zero attached hydrogens (tertiary/aromatic N) is 1. The number of sulfonamides is 1. The number of hydrogen-bond donors (Lipinski definition) is 2. The SMILES string of the molecule is CCCC(CC)NS(=O)(=O)c1cc([N+](=O)[O-])c(NCC)s1. The molecule has 1 aromatic rings. The second kappa shape index (κ2) is 7.71. The summed E-state index contributed by atoms with van der Waals surface area (Å²) in [5.41, 5.74) is -0.203. The third-order valence-electron chi connectivity index (χ3n) is 2.94. The van der Waals surface area contributed by atoms with Gasteiger partial charge in [-0.25, -0.2) is 13.1 Å². The normalized spacial score (nSPS) is 13.1. The molecule has 120 valence electrons.